The molecule has 1 aromatic heterocycles. The Kier molecular flexibility index (Phi) is 6.65. The Hall–Kier alpha value is -2.74. The molecule has 2 aromatic carbocycles. The number of aromatic nitrogens is 2. The van der Waals surface area contributed by atoms with Gasteiger partial charge in [0.15, 0.2) is 17.5 Å². The molecule has 3 N–H and O–H groups in total. The summed E-state index contributed by atoms with van der Waals surface area (Å²) in [5.41, 5.74) is 2.36. The molecule has 0 aliphatic heterocycles. The van der Waals surface area contributed by atoms with Crippen LogP contribution in [0.25, 0.3) is 11.4 Å². The minimum absolute atomic E-state index is 0.0659. The molecule has 1 aliphatic rings. The fourth-order valence-corrected chi connectivity index (χ4v) is 4.35. The summed E-state index contributed by atoms with van der Waals surface area (Å²) < 4.78 is 26.7. The number of nitrogens with one attached hydrogen (secondary N) is 1. The number of aliphatic hydroxyl groups is 2. The van der Waals surface area contributed by atoms with Crippen LogP contribution in [0.1, 0.15) is 17.7 Å². The van der Waals surface area contributed by atoms with Gasteiger partial charge in [-0.3, -0.25) is 0 Å². The third-order valence-electron chi connectivity index (χ3n) is 6.01. The predicted octanol–water partition coefficient (Wildman–Crippen LogP) is 3.11. The van der Waals surface area contributed by atoms with Gasteiger partial charge in [-0.05, 0) is 42.5 Å². The van der Waals surface area contributed by atoms with Crippen molar-refractivity contribution in [2.45, 2.75) is 31.5 Å². The molecule has 1 heterocycles. The minimum Gasteiger partial charge on any atom is -0.396 e. The Morgan fingerprint density at radius 3 is 2.55 bits per heavy atom. The number of benzene rings is 2. The first-order valence-electron chi connectivity index (χ1n) is 10.4. The zero-order valence-corrected chi connectivity index (χ0v) is 17.0. The highest BCUT2D eigenvalue weighted by Crippen LogP contribution is 2.35. The second-order valence-electron chi connectivity index (χ2n) is 7.99. The van der Waals surface area contributed by atoms with Gasteiger partial charge in [-0.25, -0.2) is 18.7 Å². The highest BCUT2D eigenvalue weighted by atomic mass is 19.2. The molecular formula is C24H25F2N3O2. The van der Waals surface area contributed by atoms with Crippen molar-refractivity contribution < 1.29 is 19.0 Å². The van der Waals surface area contributed by atoms with Crippen molar-refractivity contribution in [2.24, 2.45) is 11.8 Å². The van der Waals surface area contributed by atoms with Crippen LogP contribution in [0.5, 0.6) is 0 Å². The molecule has 162 valence electrons. The van der Waals surface area contributed by atoms with Crippen LogP contribution in [0.4, 0.5) is 8.78 Å². The zero-order valence-electron chi connectivity index (χ0n) is 17.0. The predicted molar refractivity (Wildman–Crippen MR) is 113 cm³/mol. The first kappa shape index (κ1) is 21.5. The molecule has 3 aromatic rings. The highest BCUT2D eigenvalue weighted by molar-refractivity contribution is 5.54. The van der Waals surface area contributed by atoms with Gasteiger partial charge in [-0.2, -0.15) is 0 Å². The second-order valence-corrected chi connectivity index (χ2v) is 7.99. The Morgan fingerprint density at radius 2 is 1.81 bits per heavy atom. The second kappa shape index (κ2) is 9.60. The summed E-state index contributed by atoms with van der Waals surface area (Å²) >= 11 is 0. The van der Waals surface area contributed by atoms with Gasteiger partial charge in [0.1, 0.15) is 0 Å². The van der Waals surface area contributed by atoms with Crippen molar-refractivity contribution in [3.8, 4) is 11.4 Å². The molecule has 1 aliphatic carbocycles. The molecule has 0 spiro atoms. The molecule has 4 atom stereocenters. The van der Waals surface area contributed by atoms with Crippen molar-refractivity contribution in [1.82, 2.24) is 15.3 Å². The molecule has 7 heteroatoms. The van der Waals surface area contributed by atoms with Crippen LogP contribution in [0.15, 0.2) is 60.8 Å². The van der Waals surface area contributed by atoms with E-state index in [1.54, 1.807) is 6.20 Å². The van der Waals surface area contributed by atoms with Crippen molar-refractivity contribution in [1.29, 1.82) is 0 Å². The molecule has 0 radical (unpaired) electrons. The Balaban J connectivity index is 1.50. The van der Waals surface area contributed by atoms with Gasteiger partial charge < -0.3 is 15.5 Å². The lowest BCUT2D eigenvalue weighted by molar-refractivity contribution is 0.0716. The van der Waals surface area contributed by atoms with Gasteiger partial charge in [-0.15, -0.1) is 0 Å². The number of hydrogen-bond acceptors (Lipinski definition) is 5. The summed E-state index contributed by atoms with van der Waals surface area (Å²) in [4.78, 5) is 9.04. The van der Waals surface area contributed by atoms with Gasteiger partial charge >= 0.3 is 0 Å². The highest BCUT2D eigenvalue weighted by Gasteiger charge is 2.42. The molecule has 1 saturated carbocycles. The van der Waals surface area contributed by atoms with Crippen LogP contribution in [0, 0.1) is 23.5 Å². The van der Waals surface area contributed by atoms with E-state index in [9.17, 15) is 19.0 Å². The standard InChI is InChI=1S/C24H25F2N3O2/c25-20-7-6-15(10-21(20)26)13-28-22-12-23(31)19(14-30)18(22)11-17-8-9-27-24(29-17)16-4-2-1-3-5-16/h1-10,18-19,22-23,28,30-31H,11-14H2/t18-,19-,22-,23-/m1/s1. The van der Waals surface area contributed by atoms with E-state index >= 15 is 0 Å². The third-order valence-corrected chi connectivity index (χ3v) is 6.01. The smallest absolute Gasteiger partial charge is 0.159 e. The van der Waals surface area contributed by atoms with E-state index in [1.807, 2.05) is 36.4 Å². The van der Waals surface area contributed by atoms with Gasteiger partial charge in [0.05, 0.1) is 6.10 Å². The van der Waals surface area contributed by atoms with E-state index in [1.165, 1.54) is 12.1 Å². The maximum absolute atomic E-state index is 13.5. The van der Waals surface area contributed by atoms with E-state index < -0.39 is 17.7 Å². The third kappa shape index (κ3) is 4.95. The van der Waals surface area contributed by atoms with Crippen LogP contribution in [-0.4, -0.2) is 38.9 Å². The molecule has 0 bridgehead atoms. The topological polar surface area (TPSA) is 78.3 Å². The molecule has 0 saturated heterocycles. The SMILES string of the molecule is OC[C@@H]1[C@@H](Cc2ccnc(-c3ccccc3)n2)[C@H](NCc2ccc(F)c(F)c2)C[C@H]1O. The Bertz CT molecular complexity index is 1020. The summed E-state index contributed by atoms with van der Waals surface area (Å²) in [5.74, 6) is -1.49. The maximum Gasteiger partial charge on any atom is 0.159 e. The van der Waals surface area contributed by atoms with Crippen LogP contribution in [0.2, 0.25) is 0 Å². The Morgan fingerprint density at radius 1 is 1.00 bits per heavy atom. The summed E-state index contributed by atoms with van der Waals surface area (Å²) in [6, 6.07) is 15.2. The summed E-state index contributed by atoms with van der Waals surface area (Å²) in [6.45, 7) is 0.202. The van der Waals surface area contributed by atoms with Crippen molar-refractivity contribution in [3.05, 3.63) is 83.7 Å². The van der Waals surface area contributed by atoms with E-state index in [-0.39, 0.29) is 24.5 Å². The molecule has 4 rings (SSSR count). The first-order chi connectivity index (χ1) is 15.0. The van der Waals surface area contributed by atoms with Crippen molar-refractivity contribution >= 4 is 0 Å². The van der Waals surface area contributed by atoms with Crippen molar-refractivity contribution in [3.63, 3.8) is 0 Å². The lowest BCUT2D eigenvalue weighted by atomic mass is 9.88. The fraction of sp³-hybridized carbons (Fsp3) is 0.333. The van der Waals surface area contributed by atoms with Crippen LogP contribution < -0.4 is 5.32 Å². The van der Waals surface area contributed by atoms with E-state index in [4.69, 9.17) is 0 Å². The molecule has 0 unspecified atom stereocenters. The van der Waals surface area contributed by atoms with Crippen molar-refractivity contribution in [2.75, 3.05) is 6.61 Å². The normalized spacial score (nSPS) is 23.2. The Labute approximate surface area is 179 Å². The molecule has 1 fully saturated rings. The number of rotatable bonds is 7. The zero-order chi connectivity index (χ0) is 21.8. The van der Waals surface area contributed by atoms with E-state index in [2.05, 4.69) is 15.3 Å². The van der Waals surface area contributed by atoms with Crippen LogP contribution in [0.3, 0.4) is 0 Å². The number of aliphatic hydroxyl groups excluding tert-OH is 2. The van der Waals surface area contributed by atoms with Gasteiger partial charge in [0.25, 0.3) is 0 Å². The number of halogens is 2. The molecular weight excluding hydrogens is 400 g/mol. The largest absolute Gasteiger partial charge is 0.396 e. The van der Waals surface area contributed by atoms with Gasteiger partial charge in [-0.1, -0.05) is 36.4 Å². The number of hydrogen-bond donors (Lipinski definition) is 3. The summed E-state index contributed by atoms with van der Waals surface area (Å²) in [7, 11) is 0. The fourth-order valence-electron chi connectivity index (χ4n) is 4.35. The first-order valence-corrected chi connectivity index (χ1v) is 10.4. The van der Waals surface area contributed by atoms with Crippen LogP contribution in [-0.2, 0) is 13.0 Å². The average Bonchev–Trinajstić information content (AvgIpc) is 3.09. The van der Waals surface area contributed by atoms with E-state index in [0.29, 0.717) is 30.8 Å². The monoisotopic (exact) mass is 425 g/mol. The number of nitrogens with zero attached hydrogens (tertiary/aromatic N) is 2. The quantitative estimate of drug-likeness (QED) is 0.542. The molecule has 31 heavy (non-hydrogen) atoms. The maximum atomic E-state index is 13.5. The molecule has 0 amide bonds. The summed E-state index contributed by atoms with van der Waals surface area (Å²) in [6.07, 6.45) is 2.09. The minimum atomic E-state index is -0.884. The van der Waals surface area contributed by atoms with Gasteiger partial charge in [0, 0.05) is 42.6 Å². The van der Waals surface area contributed by atoms with Gasteiger partial charge in [0.2, 0.25) is 0 Å². The van der Waals surface area contributed by atoms with Crippen LogP contribution >= 0.6 is 0 Å². The average molecular weight is 425 g/mol. The lowest BCUT2D eigenvalue weighted by Crippen LogP contribution is -2.36. The molecule has 5 nitrogen and oxygen atoms in total. The lowest BCUT2D eigenvalue weighted by Gasteiger charge is -2.25. The van der Waals surface area contributed by atoms with E-state index in [0.717, 1.165) is 17.3 Å². The summed E-state index contributed by atoms with van der Waals surface area (Å²) in [5, 5.41) is 23.7.